The summed E-state index contributed by atoms with van der Waals surface area (Å²) in [5.74, 6) is -0.439. The minimum Gasteiger partial charge on any atom is -0.445 e. The zero-order valence-electron chi connectivity index (χ0n) is 17.4. The Labute approximate surface area is 183 Å². The van der Waals surface area contributed by atoms with Crippen LogP contribution in [0.4, 0.5) is 4.79 Å². The normalized spacial score (nSPS) is 11.8. The number of hydrogen-bond donors (Lipinski definition) is 1. The fourth-order valence-corrected chi connectivity index (χ4v) is 3.35. The van der Waals surface area contributed by atoms with E-state index >= 15 is 0 Å². The molecule has 0 spiro atoms. The molecule has 0 radical (unpaired) electrons. The molecule has 0 aliphatic heterocycles. The van der Waals surface area contributed by atoms with Gasteiger partial charge >= 0.3 is 17.7 Å². The highest BCUT2D eigenvalue weighted by Gasteiger charge is 2.22. The van der Waals surface area contributed by atoms with E-state index in [-0.39, 0.29) is 12.4 Å². The molecule has 1 amide bonds. The van der Waals surface area contributed by atoms with Crippen molar-refractivity contribution in [2.24, 2.45) is 0 Å². The van der Waals surface area contributed by atoms with Gasteiger partial charge in [0, 0.05) is 11.5 Å². The van der Waals surface area contributed by atoms with Crippen LogP contribution >= 0.6 is 0 Å². The Morgan fingerprint density at radius 3 is 2.41 bits per heavy atom. The fraction of sp³-hybridized carbons (Fsp3) is 0.160. The van der Waals surface area contributed by atoms with Gasteiger partial charge in [-0.15, -0.1) is 0 Å². The summed E-state index contributed by atoms with van der Waals surface area (Å²) < 4.78 is 16.0. The van der Waals surface area contributed by atoms with E-state index in [0.29, 0.717) is 17.4 Å². The SMILES string of the molecule is CC[C@@H](NC(=O)OCc1ccccc1)C(=O)Oc1ccc2c(c1)oc(=O)c1ccccc12. The second-order valence-electron chi connectivity index (χ2n) is 7.18. The number of esters is 1. The molecule has 0 bridgehead atoms. The minimum absolute atomic E-state index is 0.0931. The van der Waals surface area contributed by atoms with Crippen LogP contribution in [0.5, 0.6) is 5.75 Å². The third kappa shape index (κ3) is 4.62. The summed E-state index contributed by atoms with van der Waals surface area (Å²) in [7, 11) is 0. The maximum absolute atomic E-state index is 12.6. The largest absolute Gasteiger partial charge is 0.445 e. The number of carbonyl (C=O) groups excluding carboxylic acids is 2. The number of carbonyl (C=O) groups is 2. The first-order valence-electron chi connectivity index (χ1n) is 10.2. The van der Waals surface area contributed by atoms with Gasteiger partial charge in [0.2, 0.25) is 0 Å². The molecule has 1 aromatic heterocycles. The van der Waals surface area contributed by atoms with Gasteiger partial charge in [0.25, 0.3) is 0 Å². The molecular weight excluding hydrogens is 410 g/mol. The van der Waals surface area contributed by atoms with Crippen molar-refractivity contribution in [2.75, 3.05) is 0 Å². The first kappa shape index (κ1) is 21.1. The zero-order chi connectivity index (χ0) is 22.5. The number of fused-ring (bicyclic) bond motifs is 3. The van der Waals surface area contributed by atoms with Gasteiger partial charge in [0.1, 0.15) is 24.0 Å². The van der Waals surface area contributed by atoms with Gasteiger partial charge in [-0.1, -0.05) is 55.5 Å². The van der Waals surface area contributed by atoms with E-state index in [1.807, 2.05) is 42.5 Å². The summed E-state index contributed by atoms with van der Waals surface area (Å²) in [5.41, 5.74) is 0.677. The van der Waals surface area contributed by atoms with Crippen molar-refractivity contribution in [3.8, 4) is 5.75 Å². The summed E-state index contributed by atoms with van der Waals surface area (Å²) in [5, 5.41) is 4.49. The average Bonchev–Trinajstić information content (AvgIpc) is 2.82. The Bertz CT molecular complexity index is 1330. The van der Waals surface area contributed by atoms with Crippen LogP contribution in [-0.2, 0) is 16.1 Å². The second kappa shape index (κ2) is 9.34. The standard InChI is InChI=1S/C25H21NO6/c1-2-21(26-25(29)30-15-16-8-4-3-5-9-16)24(28)31-17-12-13-19-18-10-6-7-11-20(18)23(27)32-22(19)14-17/h3-14,21H,2,15H2,1H3,(H,26,29)/t21-/m1/s1. The summed E-state index contributed by atoms with van der Waals surface area (Å²) in [6.45, 7) is 1.84. The topological polar surface area (TPSA) is 94.8 Å². The predicted molar refractivity (Wildman–Crippen MR) is 119 cm³/mol. The highest BCUT2D eigenvalue weighted by molar-refractivity contribution is 6.04. The van der Waals surface area contributed by atoms with Crippen molar-refractivity contribution in [3.63, 3.8) is 0 Å². The predicted octanol–water partition coefficient (Wildman–Crippen LogP) is 4.56. The molecule has 4 rings (SSSR count). The maximum Gasteiger partial charge on any atom is 0.408 e. The van der Waals surface area contributed by atoms with Crippen LogP contribution in [0.1, 0.15) is 18.9 Å². The molecule has 1 heterocycles. The second-order valence-corrected chi connectivity index (χ2v) is 7.18. The molecule has 7 nitrogen and oxygen atoms in total. The lowest BCUT2D eigenvalue weighted by atomic mass is 10.1. The van der Waals surface area contributed by atoms with Crippen molar-refractivity contribution in [1.29, 1.82) is 0 Å². The van der Waals surface area contributed by atoms with Crippen LogP contribution in [0, 0.1) is 0 Å². The van der Waals surface area contributed by atoms with Crippen molar-refractivity contribution < 1.29 is 23.5 Å². The molecule has 4 aromatic rings. The lowest BCUT2D eigenvalue weighted by Gasteiger charge is -2.16. The molecule has 162 valence electrons. The molecule has 0 unspecified atom stereocenters. The summed E-state index contributed by atoms with van der Waals surface area (Å²) in [6.07, 6.45) is -0.402. The van der Waals surface area contributed by atoms with E-state index in [4.69, 9.17) is 13.9 Å². The van der Waals surface area contributed by atoms with Crippen LogP contribution in [0.3, 0.4) is 0 Å². The molecule has 0 fully saturated rings. The van der Waals surface area contributed by atoms with Gasteiger partial charge in [0.05, 0.1) is 5.39 Å². The third-order valence-electron chi connectivity index (χ3n) is 5.01. The number of rotatable bonds is 6. The smallest absolute Gasteiger partial charge is 0.408 e. The van der Waals surface area contributed by atoms with Crippen LogP contribution in [-0.4, -0.2) is 18.1 Å². The number of alkyl carbamates (subject to hydrolysis) is 1. The van der Waals surface area contributed by atoms with Crippen LogP contribution < -0.4 is 15.7 Å². The molecule has 3 aromatic carbocycles. The Hall–Kier alpha value is -4.13. The van der Waals surface area contributed by atoms with Crippen LogP contribution in [0.2, 0.25) is 0 Å². The van der Waals surface area contributed by atoms with E-state index < -0.39 is 23.7 Å². The lowest BCUT2D eigenvalue weighted by molar-refractivity contribution is -0.136. The van der Waals surface area contributed by atoms with Gasteiger partial charge in [-0.05, 0) is 35.6 Å². The molecule has 1 atom stereocenters. The van der Waals surface area contributed by atoms with E-state index in [0.717, 1.165) is 16.3 Å². The van der Waals surface area contributed by atoms with Gasteiger partial charge in [-0.3, -0.25) is 0 Å². The van der Waals surface area contributed by atoms with Gasteiger partial charge in [0.15, 0.2) is 0 Å². The number of benzene rings is 3. The van der Waals surface area contributed by atoms with Crippen molar-refractivity contribution in [3.05, 3.63) is 88.8 Å². The van der Waals surface area contributed by atoms with Crippen molar-refractivity contribution in [1.82, 2.24) is 5.32 Å². The summed E-state index contributed by atoms with van der Waals surface area (Å²) in [4.78, 5) is 36.9. The van der Waals surface area contributed by atoms with Gasteiger partial charge < -0.3 is 19.2 Å². The first-order chi connectivity index (χ1) is 15.5. The Balaban J connectivity index is 1.45. The Morgan fingerprint density at radius 2 is 1.66 bits per heavy atom. The highest BCUT2D eigenvalue weighted by Crippen LogP contribution is 2.26. The zero-order valence-corrected chi connectivity index (χ0v) is 17.4. The van der Waals surface area contributed by atoms with Crippen molar-refractivity contribution >= 4 is 33.8 Å². The van der Waals surface area contributed by atoms with Gasteiger partial charge in [-0.25, -0.2) is 14.4 Å². The Morgan fingerprint density at radius 1 is 0.938 bits per heavy atom. The quantitative estimate of drug-likeness (QED) is 0.208. The minimum atomic E-state index is -0.891. The monoisotopic (exact) mass is 431 g/mol. The van der Waals surface area contributed by atoms with Crippen LogP contribution in [0.25, 0.3) is 21.7 Å². The van der Waals surface area contributed by atoms with E-state index in [2.05, 4.69) is 5.32 Å². The number of amides is 1. The van der Waals surface area contributed by atoms with E-state index in [1.54, 1.807) is 31.2 Å². The number of nitrogens with one attached hydrogen (secondary N) is 1. The average molecular weight is 431 g/mol. The molecule has 0 aliphatic rings. The van der Waals surface area contributed by atoms with Crippen molar-refractivity contribution in [2.45, 2.75) is 26.0 Å². The molecule has 7 heteroatoms. The lowest BCUT2D eigenvalue weighted by Crippen LogP contribution is -2.42. The summed E-state index contributed by atoms with van der Waals surface area (Å²) >= 11 is 0. The highest BCUT2D eigenvalue weighted by atomic mass is 16.6. The molecule has 32 heavy (non-hydrogen) atoms. The molecule has 1 N–H and O–H groups in total. The van der Waals surface area contributed by atoms with Gasteiger partial charge in [-0.2, -0.15) is 0 Å². The molecule has 0 saturated carbocycles. The van der Waals surface area contributed by atoms with Crippen LogP contribution in [0.15, 0.2) is 82.0 Å². The maximum atomic E-state index is 12.6. The van der Waals surface area contributed by atoms with E-state index in [9.17, 15) is 14.4 Å². The third-order valence-corrected chi connectivity index (χ3v) is 5.01. The van der Waals surface area contributed by atoms with E-state index in [1.165, 1.54) is 6.07 Å². The molecule has 0 saturated heterocycles. The molecular formula is C25H21NO6. The number of hydrogen-bond acceptors (Lipinski definition) is 6. The summed E-state index contributed by atoms with van der Waals surface area (Å²) in [6, 6.07) is 20.3. The number of ether oxygens (including phenoxy) is 2. The fourth-order valence-electron chi connectivity index (χ4n) is 3.35. The molecule has 0 aliphatic carbocycles. The first-order valence-corrected chi connectivity index (χ1v) is 10.2. The Kier molecular flexibility index (Phi) is 6.17.